The molecule has 4 rings (SSSR count). The van der Waals surface area contributed by atoms with Crippen LogP contribution in [0.3, 0.4) is 0 Å². The number of nitrogens with one attached hydrogen (secondary N) is 1. The topological polar surface area (TPSA) is 80.5 Å². The number of hydrogen-bond donors (Lipinski definition) is 2. The van der Waals surface area contributed by atoms with Gasteiger partial charge in [0.1, 0.15) is 17.3 Å². The van der Waals surface area contributed by atoms with Gasteiger partial charge in [0.15, 0.2) is 0 Å². The van der Waals surface area contributed by atoms with Gasteiger partial charge in [0.25, 0.3) is 0 Å². The van der Waals surface area contributed by atoms with Crippen LogP contribution in [-0.4, -0.2) is 19.9 Å². The van der Waals surface area contributed by atoms with Crippen molar-refractivity contribution >= 4 is 16.9 Å². The predicted octanol–water partition coefficient (Wildman–Crippen LogP) is 4.60. The number of pyridine rings is 1. The van der Waals surface area contributed by atoms with Gasteiger partial charge in [0.2, 0.25) is 0 Å². The van der Waals surface area contributed by atoms with Gasteiger partial charge in [-0.25, -0.2) is 15.0 Å². The van der Waals surface area contributed by atoms with E-state index in [0.29, 0.717) is 33.9 Å². The quantitative estimate of drug-likeness (QED) is 0.541. The molecule has 5 nitrogen and oxygen atoms in total. The zero-order chi connectivity index (χ0) is 19.2. The number of alkyl halides is 3. The van der Waals surface area contributed by atoms with Crippen molar-refractivity contribution in [3.63, 3.8) is 0 Å². The molecule has 136 valence electrons. The minimum absolute atomic E-state index is 0.343. The fraction of sp³-hybridized carbons (Fsp3) is 0.105. The van der Waals surface area contributed by atoms with E-state index < -0.39 is 11.7 Å². The van der Waals surface area contributed by atoms with Gasteiger partial charge in [-0.15, -0.1) is 0 Å². The summed E-state index contributed by atoms with van der Waals surface area (Å²) >= 11 is 0. The SMILES string of the molecule is Cc1nc(-c2cccc(C(F)(F)F)c2)c2c(-c3ccnc(N)c3)c[nH]c2n1. The molecule has 1 aromatic carbocycles. The highest BCUT2D eigenvalue weighted by Gasteiger charge is 2.30. The number of anilines is 1. The Labute approximate surface area is 152 Å². The normalized spacial score (nSPS) is 11.9. The first kappa shape index (κ1) is 17.0. The summed E-state index contributed by atoms with van der Waals surface area (Å²) in [6.07, 6.45) is -1.12. The molecule has 0 fully saturated rings. The van der Waals surface area contributed by atoms with E-state index in [4.69, 9.17) is 5.73 Å². The highest BCUT2D eigenvalue weighted by Crippen LogP contribution is 2.37. The van der Waals surface area contributed by atoms with E-state index in [0.717, 1.165) is 23.3 Å². The molecule has 0 saturated heterocycles. The van der Waals surface area contributed by atoms with Crippen LogP contribution in [0.5, 0.6) is 0 Å². The summed E-state index contributed by atoms with van der Waals surface area (Å²) in [4.78, 5) is 15.8. The Bertz CT molecular complexity index is 1150. The second kappa shape index (κ2) is 6.08. The van der Waals surface area contributed by atoms with E-state index in [1.54, 1.807) is 37.5 Å². The Balaban J connectivity index is 2.00. The molecule has 0 bridgehead atoms. The van der Waals surface area contributed by atoms with Gasteiger partial charge < -0.3 is 10.7 Å². The lowest BCUT2D eigenvalue weighted by molar-refractivity contribution is -0.137. The van der Waals surface area contributed by atoms with Crippen molar-refractivity contribution < 1.29 is 13.2 Å². The molecule has 3 N–H and O–H groups in total. The monoisotopic (exact) mass is 369 g/mol. The van der Waals surface area contributed by atoms with Crippen LogP contribution in [0.15, 0.2) is 48.8 Å². The molecule has 3 aromatic heterocycles. The number of benzene rings is 1. The van der Waals surface area contributed by atoms with E-state index in [9.17, 15) is 13.2 Å². The van der Waals surface area contributed by atoms with E-state index >= 15 is 0 Å². The Morgan fingerprint density at radius 2 is 1.85 bits per heavy atom. The van der Waals surface area contributed by atoms with Crippen molar-refractivity contribution in [3.8, 4) is 22.4 Å². The molecule has 0 aliphatic heterocycles. The Morgan fingerprint density at radius 3 is 2.59 bits per heavy atom. The lowest BCUT2D eigenvalue weighted by Gasteiger charge is -2.11. The molecule has 0 radical (unpaired) electrons. The number of aromatic amines is 1. The molecule has 0 amide bonds. The molecule has 0 aliphatic carbocycles. The van der Waals surface area contributed by atoms with E-state index in [1.807, 2.05) is 0 Å². The summed E-state index contributed by atoms with van der Waals surface area (Å²) in [5.74, 6) is 0.799. The number of hydrogen-bond acceptors (Lipinski definition) is 4. The van der Waals surface area contributed by atoms with Gasteiger partial charge in [-0.1, -0.05) is 12.1 Å². The van der Waals surface area contributed by atoms with Gasteiger partial charge >= 0.3 is 6.18 Å². The molecular weight excluding hydrogens is 355 g/mol. The maximum Gasteiger partial charge on any atom is 0.416 e. The summed E-state index contributed by atoms with van der Waals surface area (Å²) < 4.78 is 39.4. The first-order valence-electron chi connectivity index (χ1n) is 8.08. The number of aromatic nitrogens is 4. The number of nitrogens with zero attached hydrogens (tertiary/aromatic N) is 3. The van der Waals surface area contributed by atoms with Crippen LogP contribution in [0.2, 0.25) is 0 Å². The van der Waals surface area contributed by atoms with Crippen molar-refractivity contribution in [1.29, 1.82) is 0 Å². The molecule has 27 heavy (non-hydrogen) atoms. The van der Waals surface area contributed by atoms with Crippen molar-refractivity contribution in [2.45, 2.75) is 13.1 Å². The number of rotatable bonds is 2. The van der Waals surface area contributed by atoms with Crippen LogP contribution < -0.4 is 5.73 Å². The fourth-order valence-corrected chi connectivity index (χ4v) is 3.04. The molecule has 0 atom stereocenters. The van der Waals surface area contributed by atoms with Crippen LogP contribution in [0, 0.1) is 6.92 Å². The maximum absolute atomic E-state index is 13.1. The Morgan fingerprint density at radius 1 is 1.04 bits per heavy atom. The number of fused-ring (bicyclic) bond motifs is 1. The lowest BCUT2D eigenvalue weighted by Crippen LogP contribution is -2.05. The number of nitrogen functional groups attached to an aromatic ring is 1. The minimum Gasteiger partial charge on any atom is -0.384 e. The molecule has 0 saturated carbocycles. The smallest absolute Gasteiger partial charge is 0.384 e. The summed E-state index contributed by atoms with van der Waals surface area (Å²) in [7, 11) is 0. The average Bonchev–Trinajstić information content (AvgIpc) is 3.04. The van der Waals surface area contributed by atoms with Crippen molar-refractivity contribution in [1.82, 2.24) is 19.9 Å². The average molecular weight is 369 g/mol. The van der Waals surface area contributed by atoms with Crippen molar-refractivity contribution in [2.75, 3.05) is 5.73 Å². The van der Waals surface area contributed by atoms with Crippen molar-refractivity contribution in [2.24, 2.45) is 0 Å². The predicted molar refractivity (Wildman–Crippen MR) is 96.7 cm³/mol. The van der Waals surface area contributed by atoms with Crippen LogP contribution in [0.4, 0.5) is 19.0 Å². The second-order valence-electron chi connectivity index (χ2n) is 6.09. The van der Waals surface area contributed by atoms with Gasteiger partial charge in [-0.3, -0.25) is 0 Å². The Kier molecular flexibility index (Phi) is 3.83. The van der Waals surface area contributed by atoms with Crippen LogP contribution in [0.1, 0.15) is 11.4 Å². The van der Waals surface area contributed by atoms with E-state index in [-0.39, 0.29) is 0 Å². The second-order valence-corrected chi connectivity index (χ2v) is 6.09. The first-order chi connectivity index (χ1) is 12.8. The molecule has 8 heteroatoms. The summed E-state index contributed by atoms with van der Waals surface area (Å²) in [5.41, 5.74) is 7.89. The summed E-state index contributed by atoms with van der Waals surface area (Å²) in [6, 6.07) is 8.58. The van der Waals surface area contributed by atoms with Crippen LogP contribution >= 0.6 is 0 Å². The molecular formula is C19H14F3N5. The highest BCUT2D eigenvalue weighted by molar-refractivity contribution is 6.02. The zero-order valence-electron chi connectivity index (χ0n) is 14.2. The van der Waals surface area contributed by atoms with Crippen LogP contribution in [-0.2, 0) is 6.18 Å². The summed E-state index contributed by atoms with van der Waals surface area (Å²) in [5, 5.41) is 0.630. The number of halogens is 3. The molecule has 0 unspecified atom stereocenters. The van der Waals surface area contributed by atoms with Crippen LogP contribution in [0.25, 0.3) is 33.4 Å². The Hall–Kier alpha value is -3.42. The molecule has 3 heterocycles. The van der Waals surface area contributed by atoms with Crippen molar-refractivity contribution in [3.05, 3.63) is 60.2 Å². The van der Waals surface area contributed by atoms with E-state index in [2.05, 4.69) is 19.9 Å². The number of H-pyrrole nitrogens is 1. The third kappa shape index (κ3) is 3.10. The third-order valence-corrected chi connectivity index (χ3v) is 4.20. The molecule has 4 aromatic rings. The standard InChI is InChI=1S/C19H14F3N5/c1-10-26-17(12-3-2-4-13(7-12)19(20,21)22)16-14(9-25-18(16)27-10)11-5-6-24-15(23)8-11/h2-9H,1H3,(H2,23,24)(H,25,26,27). The first-order valence-corrected chi connectivity index (χ1v) is 8.08. The third-order valence-electron chi connectivity index (χ3n) is 4.20. The summed E-state index contributed by atoms with van der Waals surface area (Å²) in [6.45, 7) is 1.70. The van der Waals surface area contributed by atoms with E-state index in [1.165, 1.54) is 6.07 Å². The minimum atomic E-state index is -4.43. The molecule has 0 spiro atoms. The largest absolute Gasteiger partial charge is 0.416 e. The van der Waals surface area contributed by atoms with Gasteiger partial charge in [-0.2, -0.15) is 13.2 Å². The molecule has 0 aliphatic rings. The zero-order valence-corrected chi connectivity index (χ0v) is 14.2. The maximum atomic E-state index is 13.1. The fourth-order valence-electron chi connectivity index (χ4n) is 3.04. The van der Waals surface area contributed by atoms with Gasteiger partial charge in [-0.05, 0) is 36.8 Å². The van der Waals surface area contributed by atoms with Gasteiger partial charge in [0, 0.05) is 23.5 Å². The number of nitrogens with two attached hydrogens (primary N) is 1. The van der Waals surface area contributed by atoms with Gasteiger partial charge in [0.05, 0.1) is 16.6 Å². The highest BCUT2D eigenvalue weighted by atomic mass is 19.4. The number of aryl methyl sites for hydroxylation is 1. The lowest BCUT2D eigenvalue weighted by atomic mass is 10.0.